The van der Waals surface area contributed by atoms with Crippen molar-refractivity contribution >= 4 is 27.3 Å². The molecule has 0 aliphatic rings. The maximum Gasteiger partial charge on any atom is 0.264 e. The molecular weight excluding hydrogens is 388 g/mol. The standard InChI is InChI=1S/C22H22N2O4S/c1-16-7-4-5-10-21(16)23-22(25)17-8-6-9-18(15-17)24(2)29(26,27)20-13-11-19(28-3)12-14-20/h4-15H,1-3H3,(H,23,25). The van der Waals surface area contributed by atoms with Gasteiger partial charge in [-0.2, -0.15) is 0 Å². The van der Waals surface area contributed by atoms with Crippen molar-refractivity contribution in [2.45, 2.75) is 11.8 Å². The lowest BCUT2D eigenvalue weighted by atomic mass is 10.1. The molecule has 0 aromatic heterocycles. The average Bonchev–Trinajstić information content (AvgIpc) is 2.75. The highest BCUT2D eigenvalue weighted by Crippen LogP contribution is 2.25. The second-order valence-electron chi connectivity index (χ2n) is 6.47. The summed E-state index contributed by atoms with van der Waals surface area (Å²) in [5, 5.41) is 2.85. The van der Waals surface area contributed by atoms with Crippen LogP contribution in [0.2, 0.25) is 0 Å². The van der Waals surface area contributed by atoms with E-state index in [0.717, 1.165) is 9.87 Å². The summed E-state index contributed by atoms with van der Waals surface area (Å²) >= 11 is 0. The number of hydrogen-bond donors (Lipinski definition) is 1. The fourth-order valence-corrected chi connectivity index (χ4v) is 3.98. The number of amides is 1. The molecule has 0 spiro atoms. The highest BCUT2D eigenvalue weighted by molar-refractivity contribution is 7.92. The molecule has 1 amide bonds. The predicted molar refractivity (Wildman–Crippen MR) is 114 cm³/mol. The maximum atomic E-state index is 12.9. The first-order chi connectivity index (χ1) is 13.8. The van der Waals surface area contributed by atoms with E-state index in [1.165, 1.54) is 26.3 Å². The number of sulfonamides is 1. The summed E-state index contributed by atoms with van der Waals surface area (Å²) in [6.45, 7) is 1.90. The largest absolute Gasteiger partial charge is 0.497 e. The number of hydrogen-bond acceptors (Lipinski definition) is 4. The first kappa shape index (κ1) is 20.4. The van der Waals surface area contributed by atoms with Gasteiger partial charge in [-0.05, 0) is 61.0 Å². The number of anilines is 2. The van der Waals surface area contributed by atoms with Gasteiger partial charge in [0.2, 0.25) is 0 Å². The number of carbonyl (C=O) groups is 1. The monoisotopic (exact) mass is 410 g/mol. The fraction of sp³-hybridized carbons (Fsp3) is 0.136. The quantitative estimate of drug-likeness (QED) is 0.664. The number of nitrogens with one attached hydrogen (secondary N) is 1. The SMILES string of the molecule is COc1ccc(S(=O)(=O)N(C)c2cccc(C(=O)Nc3ccccc3C)c2)cc1. The van der Waals surface area contributed by atoms with E-state index < -0.39 is 10.0 Å². The van der Waals surface area contributed by atoms with Crippen LogP contribution in [0.5, 0.6) is 5.75 Å². The third kappa shape index (κ3) is 4.41. The van der Waals surface area contributed by atoms with Gasteiger partial charge in [0, 0.05) is 18.3 Å². The van der Waals surface area contributed by atoms with Crippen molar-refractivity contribution in [3.8, 4) is 5.75 Å². The summed E-state index contributed by atoms with van der Waals surface area (Å²) < 4.78 is 32.1. The first-order valence-corrected chi connectivity index (χ1v) is 10.4. The smallest absolute Gasteiger partial charge is 0.264 e. The Hall–Kier alpha value is -3.32. The Morgan fingerprint density at radius 3 is 2.31 bits per heavy atom. The molecule has 0 saturated heterocycles. The molecule has 0 bridgehead atoms. The van der Waals surface area contributed by atoms with E-state index in [0.29, 0.717) is 22.7 Å². The number of carbonyl (C=O) groups excluding carboxylic acids is 1. The van der Waals surface area contributed by atoms with Crippen LogP contribution in [-0.4, -0.2) is 28.5 Å². The number of para-hydroxylation sites is 1. The molecular formula is C22H22N2O4S. The molecule has 3 aromatic carbocycles. The molecule has 0 atom stereocenters. The molecule has 0 fully saturated rings. The summed E-state index contributed by atoms with van der Waals surface area (Å²) in [6, 6.07) is 20.1. The Bertz CT molecular complexity index is 1130. The molecule has 6 nitrogen and oxygen atoms in total. The second-order valence-corrected chi connectivity index (χ2v) is 8.44. The Morgan fingerprint density at radius 1 is 0.966 bits per heavy atom. The van der Waals surface area contributed by atoms with Gasteiger partial charge in [-0.25, -0.2) is 8.42 Å². The second kappa shape index (κ2) is 8.36. The van der Waals surface area contributed by atoms with Crippen LogP contribution in [0.4, 0.5) is 11.4 Å². The maximum absolute atomic E-state index is 12.9. The highest BCUT2D eigenvalue weighted by Gasteiger charge is 2.22. The van der Waals surface area contributed by atoms with Gasteiger partial charge >= 0.3 is 0 Å². The Kier molecular flexibility index (Phi) is 5.89. The topological polar surface area (TPSA) is 75.7 Å². The van der Waals surface area contributed by atoms with Crippen molar-refractivity contribution in [1.82, 2.24) is 0 Å². The molecule has 1 N–H and O–H groups in total. The zero-order valence-corrected chi connectivity index (χ0v) is 17.2. The summed E-state index contributed by atoms with van der Waals surface area (Å²) in [6.07, 6.45) is 0. The van der Waals surface area contributed by atoms with E-state index in [1.807, 2.05) is 31.2 Å². The molecule has 0 radical (unpaired) electrons. The fourth-order valence-electron chi connectivity index (χ4n) is 2.80. The third-order valence-corrected chi connectivity index (χ3v) is 6.38. The molecule has 150 valence electrons. The van der Waals surface area contributed by atoms with Gasteiger partial charge in [0.15, 0.2) is 0 Å². The zero-order valence-electron chi connectivity index (χ0n) is 16.4. The molecule has 29 heavy (non-hydrogen) atoms. The summed E-state index contributed by atoms with van der Waals surface area (Å²) in [5.41, 5.74) is 2.40. The molecule has 3 aromatic rings. The van der Waals surface area contributed by atoms with E-state index in [2.05, 4.69) is 5.32 Å². The lowest BCUT2D eigenvalue weighted by Crippen LogP contribution is -2.26. The van der Waals surface area contributed by atoms with Gasteiger partial charge in [-0.3, -0.25) is 9.10 Å². The molecule has 0 aliphatic heterocycles. The molecule has 0 saturated carbocycles. The van der Waals surface area contributed by atoms with Crippen LogP contribution in [0, 0.1) is 6.92 Å². The van der Waals surface area contributed by atoms with Crippen molar-refractivity contribution in [2.24, 2.45) is 0 Å². The van der Waals surface area contributed by atoms with E-state index in [4.69, 9.17) is 4.74 Å². The number of methoxy groups -OCH3 is 1. The normalized spacial score (nSPS) is 11.0. The molecule has 0 aliphatic carbocycles. The molecule has 0 heterocycles. The van der Waals surface area contributed by atoms with Gasteiger partial charge in [-0.15, -0.1) is 0 Å². The summed E-state index contributed by atoms with van der Waals surface area (Å²) in [4.78, 5) is 12.8. The average molecular weight is 410 g/mol. The van der Waals surface area contributed by atoms with Crippen molar-refractivity contribution in [1.29, 1.82) is 0 Å². The number of ether oxygens (including phenoxy) is 1. The van der Waals surface area contributed by atoms with Crippen molar-refractivity contribution in [2.75, 3.05) is 23.8 Å². The van der Waals surface area contributed by atoms with Crippen LogP contribution in [0.25, 0.3) is 0 Å². The van der Waals surface area contributed by atoms with Crippen molar-refractivity contribution in [3.63, 3.8) is 0 Å². The first-order valence-electron chi connectivity index (χ1n) is 8.93. The zero-order chi connectivity index (χ0) is 21.0. The van der Waals surface area contributed by atoms with Gasteiger partial charge in [0.05, 0.1) is 17.7 Å². The molecule has 0 unspecified atom stereocenters. The summed E-state index contributed by atoms with van der Waals surface area (Å²) in [5.74, 6) is 0.262. The lowest BCUT2D eigenvalue weighted by molar-refractivity contribution is 0.102. The van der Waals surface area contributed by atoms with E-state index >= 15 is 0 Å². The number of aryl methyl sites for hydroxylation is 1. The minimum atomic E-state index is -3.78. The van der Waals surface area contributed by atoms with E-state index in [9.17, 15) is 13.2 Å². The Morgan fingerprint density at radius 2 is 1.66 bits per heavy atom. The van der Waals surface area contributed by atoms with E-state index in [-0.39, 0.29) is 10.8 Å². The number of nitrogens with zero attached hydrogens (tertiary/aromatic N) is 1. The van der Waals surface area contributed by atoms with Crippen LogP contribution in [0.3, 0.4) is 0 Å². The minimum absolute atomic E-state index is 0.135. The van der Waals surface area contributed by atoms with Crippen LogP contribution in [0.15, 0.2) is 77.7 Å². The van der Waals surface area contributed by atoms with Crippen molar-refractivity contribution in [3.05, 3.63) is 83.9 Å². The predicted octanol–water partition coefficient (Wildman–Crippen LogP) is 4.08. The van der Waals surface area contributed by atoms with E-state index in [1.54, 1.807) is 36.4 Å². The number of rotatable bonds is 6. The summed E-state index contributed by atoms with van der Waals surface area (Å²) in [7, 11) is -0.806. The number of benzene rings is 3. The van der Waals surface area contributed by atoms with Crippen molar-refractivity contribution < 1.29 is 17.9 Å². The molecule has 3 rings (SSSR count). The van der Waals surface area contributed by atoms with Crippen LogP contribution in [0.1, 0.15) is 15.9 Å². The minimum Gasteiger partial charge on any atom is -0.497 e. The van der Waals surface area contributed by atoms with Gasteiger partial charge in [0.25, 0.3) is 15.9 Å². The van der Waals surface area contributed by atoms with Gasteiger partial charge in [-0.1, -0.05) is 24.3 Å². The Labute approximate surface area is 170 Å². The lowest BCUT2D eigenvalue weighted by Gasteiger charge is -2.20. The van der Waals surface area contributed by atoms with Crippen LogP contribution >= 0.6 is 0 Å². The van der Waals surface area contributed by atoms with Crippen LogP contribution < -0.4 is 14.4 Å². The van der Waals surface area contributed by atoms with Gasteiger partial charge < -0.3 is 10.1 Å². The van der Waals surface area contributed by atoms with Crippen LogP contribution in [-0.2, 0) is 10.0 Å². The highest BCUT2D eigenvalue weighted by atomic mass is 32.2. The molecule has 7 heteroatoms. The van der Waals surface area contributed by atoms with Gasteiger partial charge in [0.1, 0.15) is 5.75 Å². The third-order valence-electron chi connectivity index (χ3n) is 4.58. The Balaban J connectivity index is 1.85.